The first-order chi connectivity index (χ1) is 17.4. The molecule has 0 radical (unpaired) electrons. The predicted molar refractivity (Wildman–Crippen MR) is 149 cm³/mol. The first kappa shape index (κ1) is 22.5. The standard InChI is InChI=1S/C31H32N4O/c1-31(2)30-28-14-6-5-9-23(28)15-16-29(30)35(22-33(31)4)25-11-8-13-27(20-25)36-26-12-7-10-24(19-26)34-18-17-32(3)21-34/h5-20H,21-22H2,1-4H3. The number of ether oxygens (including phenoxy) is 1. The molecule has 0 atom stereocenters. The van der Waals surface area contributed by atoms with Crippen LogP contribution in [0.4, 0.5) is 17.1 Å². The van der Waals surface area contributed by atoms with E-state index in [0.29, 0.717) is 0 Å². The summed E-state index contributed by atoms with van der Waals surface area (Å²) in [4.78, 5) is 9.16. The highest BCUT2D eigenvalue weighted by molar-refractivity contribution is 5.93. The number of hydrogen-bond acceptors (Lipinski definition) is 5. The minimum Gasteiger partial charge on any atom is -0.457 e. The molecule has 6 rings (SSSR count). The Bertz CT molecular complexity index is 1460. The average molecular weight is 477 g/mol. The van der Waals surface area contributed by atoms with Crippen molar-refractivity contribution < 1.29 is 4.74 Å². The van der Waals surface area contributed by atoms with Gasteiger partial charge >= 0.3 is 0 Å². The molecule has 0 spiro atoms. The summed E-state index contributed by atoms with van der Waals surface area (Å²) in [5.74, 6) is 1.66. The Morgan fingerprint density at radius 3 is 2.19 bits per heavy atom. The number of anilines is 3. The highest BCUT2D eigenvalue weighted by Gasteiger charge is 2.37. The lowest BCUT2D eigenvalue weighted by Gasteiger charge is -2.47. The van der Waals surface area contributed by atoms with Gasteiger partial charge in [-0.1, -0.05) is 42.5 Å². The van der Waals surface area contributed by atoms with E-state index in [4.69, 9.17) is 4.74 Å². The van der Waals surface area contributed by atoms with Crippen molar-refractivity contribution in [2.24, 2.45) is 0 Å². The zero-order valence-corrected chi connectivity index (χ0v) is 21.3. The van der Waals surface area contributed by atoms with Gasteiger partial charge in [0.1, 0.15) is 11.5 Å². The molecular formula is C31H32N4O. The van der Waals surface area contributed by atoms with Crippen molar-refractivity contribution in [3.63, 3.8) is 0 Å². The molecule has 0 aromatic heterocycles. The van der Waals surface area contributed by atoms with E-state index in [1.807, 2.05) is 18.2 Å². The van der Waals surface area contributed by atoms with Gasteiger partial charge in [-0.05, 0) is 62.0 Å². The average Bonchev–Trinajstić information content (AvgIpc) is 3.32. The minimum atomic E-state index is -0.0840. The predicted octanol–water partition coefficient (Wildman–Crippen LogP) is 7.09. The third-order valence-corrected chi connectivity index (χ3v) is 7.51. The van der Waals surface area contributed by atoms with E-state index < -0.39 is 0 Å². The Kier molecular flexibility index (Phi) is 5.38. The SMILES string of the molecule is CN1C=CN(c2cccc(Oc3cccc(N4CN(C)C(C)(C)c5c4ccc4ccccc54)c3)c2)C1. The molecule has 5 heteroatoms. The van der Waals surface area contributed by atoms with Gasteiger partial charge in [0.05, 0.1) is 13.3 Å². The van der Waals surface area contributed by atoms with Crippen molar-refractivity contribution in [2.45, 2.75) is 19.4 Å². The van der Waals surface area contributed by atoms with Crippen LogP contribution in [0.15, 0.2) is 97.3 Å². The van der Waals surface area contributed by atoms with Crippen LogP contribution in [0.2, 0.25) is 0 Å². The lowest BCUT2D eigenvalue weighted by atomic mass is 9.84. The smallest absolute Gasteiger partial charge is 0.129 e. The summed E-state index contributed by atoms with van der Waals surface area (Å²) < 4.78 is 6.36. The van der Waals surface area contributed by atoms with Crippen molar-refractivity contribution in [3.8, 4) is 11.5 Å². The molecule has 2 aliphatic rings. The maximum absolute atomic E-state index is 6.36. The second kappa shape index (κ2) is 8.61. The van der Waals surface area contributed by atoms with E-state index in [1.165, 1.54) is 22.0 Å². The Hall–Kier alpha value is -3.96. The second-order valence-electron chi connectivity index (χ2n) is 10.3. The Morgan fingerprint density at radius 1 is 0.722 bits per heavy atom. The highest BCUT2D eigenvalue weighted by atomic mass is 16.5. The fourth-order valence-electron chi connectivity index (χ4n) is 5.28. The van der Waals surface area contributed by atoms with Crippen LogP contribution >= 0.6 is 0 Å². The first-order valence-corrected chi connectivity index (χ1v) is 12.4. The Balaban J connectivity index is 1.34. The Labute approximate surface area is 213 Å². The van der Waals surface area contributed by atoms with Gasteiger partial charge in [0.15, 0.2) is 0 Å². The normalized spacial score (nSPS) is 17.1. The van der Waals surface area contributed by atoms with E-state index in [-0.39, 0.29) is 5.54 Å². The van der Waals surface area contributed by atoms with E-state index in [2.05, 4.69) is 127 Å². The van der Waals surface area contributed by atoms with Crippen LogP contribution in [0.5, 0.6) is 11.5 Å². The van der Waals surface area contributed by atoms with Crippen molar-refractivity contribution in [3.05, 3.63) is 103 Å². The van der Waals surface area contributed by atoms with Gasteiger partial charge in [-0.3, -0.25) is 4.90 Å². The number of fused-ring (bicyclic) bond motifs is 3. The van der Waals surface area contributed by atoms with E-state index >= 15 is 0 Å². The fraction of sp³-hybridized carbons (Fsp3) is 0.226. The van der Waals surface area contributed by atoms with Crippen LogP contribution < -0.4 is 14.5 Å². The molecule has 0 N–H and O–H groups in total. The molecule has 0 bridgehead atoms. The van der Waals surface area contributed by atoms with E-state index in [9.17, 15) is 0 Å². The van der Waals surface area contributed by atoms with Crippen LogP contribution in [0.1, 0.15) is 19.4 Å². The van der Waals surface area contributed by atoms with Crippen molar-refractivity contribution in [1.82, 2.24) is 9.80 Å². The summed E-state index contributed by atoms with van der Waals surface area (Å²) in [6.45, 7) is 6.27. The molecule has 0 unspecified atom stereocenters. The molecule has 2 heterocycles. The van der Waals surface area contributed by atoms with Crippen molar-refractivity contribution in [1.29, 1.82) is 0 Å². The number of hydrogen-bond donors (Lipinski definition) is 0. The summed E-state index contributed by atoms with van der Waals surface area (Å²) in [6.07, 6.45) is 4.17. The molecule has 36 heavy (non-hydrogen) atoms. The van der Waals surface area contributed by atoms with Gasteiger partial charge in [0.25, 0.3) is 0 Å². The van der Waals surface area contributed by atoms with Gasteiger partial charge < -0.3 is 19.4 Å². The second-order valence-corrected chi connectivity index (χ2v) is 10.3. The summed E-state index contributed by atoms with van der Waals surface area (Å²) in [7, 11) is 4.27. The minimum absolute atomic E-state index is 0.0840. The Morgan fingerprint density at radius 2 is 1.44 bits per heavy atom. The summed E-state index contributed by atoms with van der Waals surface area (Å²) in [5.41, 5.74) is 4.76. The summed E-state index contributed by atoms with van der Waals surface area (Å²) in [5, 5.41) is 2.58. The lowest BCUT2D eigenvalue weighted by Crippen LogP contribution is -2.49. The number of nitrogens with zero attached hydrogens (tertiary/aromatic N) is 4. The summed E-state index contributed by atoms with van der Waals surface area (Å²) >= 11 is 0. The monoisotopic (exact) mass is 476 g/mol. The lowest BCUT2D eigenvalue weighted by molar-refractivity contribution is 0.152. The molecule has 5 nitrogen and oxygen atoms in total. The molecule has 4 aromatic rings. The molecule has 0 fully saturated rings. The quantitative estimate of drug-likeness (QED) is 0.313. The molecule has 0 saturated carbocycles. The van der Waals surface area contributed by atoms with E-state index in [1.54, 1.807) is 0 Å². The van der Waals surface area contributed by atoms with Crippen LogP contribution in [0.3, 0.4) is 0 Å². The number of benzene rings is 4. The fourth-order valence-corrected chi connectivity index (χ4v) is 5.28. The van der Waals surface area contributed by atoms with Crippen LogP contribution in [0.25, 0.3) is 10.8 Å². The maximum atomic E-state index is 6.36. The van der Waals surface area contributed by atoms with Crippen LogP contribution in [0, 0.1) is 0 Å². The zero-order valence-electron chi connectivity index (χ0n) is 21.3. The van der Waals surface area contributed by atoms with Crippen LogP contribution in [-0.2, 0) is 5.54 Å². The third kappa shape index (κ3) is 3.86. The summed E-state index contributed by atoms with van der Waals surface area (Å²) in [6, 6.07) is 29.9. The molecule has 0 amide bonds. The molecule has 2 aliphatic heterocycles. The molecule has 4 aromatic carbocycles. The largest absolute Gasteiger partial charge is 0.457 e. The number of rotatable bonds is 4. The van der Waals surface area contributed by atoms with Gasteiger partial charge in [-0.2, -0.15) is 0 Å². The van der Waals surface area contributed by atoms with Gasteiger partial charge in [0.2, 0.25) is 0 Å². The van der Waals surface area contributed by atoms with Gasteiger partial charge in [0, 0.05) is 59.7 Å². The molecule has 182 valence electrons. The first-order valence-electron chi connectivity index (χ1n) is 12.4. The topological polar surface area (TPSA) is 22.2 Å². The van der Waals surface area contributed by atoms with E-state index in [0.717, 1.165) is 36.2 Å². The van der Waals surface area contributed by atoms with Crippen molar-refractivity contribution in [2.75, 3.05) is 37.2 Å². The highest BCUT2D eigenvalue weighted by Crippen LogP contribution is 2.46. The molecular weight excluding hydrogens is 444 g/mol. The van der Waals surface area contributed by atoms with Crippen molar-refractivity contribution >= 4 is 27.8 Å². The zero-order chi connectivity index (χ0) is 24.9. The van der Waals surface area contributed by atoms with Crippen LogP contribution in [-0.4, -0.2) is 37.2 Å². The molecule has 0 saturated heterocycles. The third-order valence-electron chi connectivity index (χ3n) is 7.51. The van der Waals surface area contributed by atoms with Gasteiger partial charge in [-0.15, -0.1) is 0 Å². The maximum Gasteiger partial charge on any atom is 0.129 e. The molecule has 0 aliphatic carbocycles. The van der Waals surface area contributed by atoms with Gasteiger partial charge in [-0.25, -0.2) is 0 Å².